The summed E-state index contributed by atoms with van der Waals surface area (Å²) in [5, 5.41) is 10.3. The van der Waals surface area contributed by atoms with E-state index in [1.54, 1.807) is 0 Å². The van der Waals surface area contributed by atoms with Gasteiger partial charge in [0.15, 0.2) is 0 Å². The molecule has 1 unspecified atom stereocenters. The molecule has 0 aromatic heterocycles. The van der Waals surface area contributed by atoms with Crippen LogP contribution < -0.4 is 5.32 Å². The molecule has 1 atom stereocenters. The van der Waals surface area contributed by atoms with Gasteiger partial charge in [-0.1, -0.05) is 45.0 Å². The fraction of sp³-hybridized carbons (Fsp3) is 0.652. The molecule has 1 spiro atoms. The minimum atomic E-state index is -5.08. The number of nitrogens with zero attached hydrogens (tertiary/aromatic N) is 1. The summed E-state index contributed by atoms with van der Waals surface area (Å²) in [5.74, 6) is -2.58. The van der Waals surface area contributed by atoms with Crippen LogP contribution in [0.25, 0.3) is 0 Å². The summed E-state index contributed by atoms with van der Waals surface area (Å²) in [4.78, 5) is 23.3. The smallest absolute Gasteiger partial charge is 0.475 e. The van der Waals surface area contributed by atoms with Crippen molar-refractivity contribution in [3.63, 3.8) is 0 Å². The average Bonchev–Trinajstić information content (AvgIpc) is 3.12. The molecule has 9 heteroatoms. The maximum atomic E-state index is 11.9. The highest BCUT2D eigenvalue weighted by Gasteiger charge is 2.43. The van der Waals surface area contributed by atoms with Crippen molar-refractivity contribution >= 4 is 11.9 Å². The molecule has 0 bridgehead atoms. The predicted octanol–water partition coefficient (Wildman–Crippen LogP) is 3.78. The van der Waals surface area contributed by atoms with Gasteiger partial charge in [-0.15, -0.1) is 0 Å². The molecule has 0 radical (unpaired) electrons. The van der Waals surface area contributed by atoms with Crippen molar-refractivity contribution in [2.75, 3.05) is 19.7 Å². The Morgan fingerprint density at radius 2 is 1.72 bits per heavy atom. The zero-order valence-corrected chi connectivity index (χ0v) is 18.9. The second-order valence-electron chi connectivity index (χ2n) is 8.81. The van der Waals surface area contributed by atoms with Gasteiger partial charge in [0.2, 0.25) is 5.91 Å². The van der Waals surface area contributed by atoms with Crippen LogP contribution in [0.1, 0.15) is 51.2 Å². The fourth-order valence-electron chi connectivity index (χ4n) is 3.91. The second kappa shape index (κ2) is 11.1. The maximum Gasteiger partial charge on any atom is 0.490 e. The van der Waals surface area contributed by atoms with Gasteiger partial charge in [0.25, 0.3) is 0 Å². The average molecular weight is 459 g/mol. The zero-order valence-electron chi connectivity index (χ0n) is 18.9. The summed E-state index contributed by atoms with van der Waals surface area (Å²) in [6.07, 6.45) is -0.898. The van der Waals surface area contributed by atoms with Gasteiger partial charge in [-0.3, -0.25) is 9.69 Å². The Bertz CT molecular complexity index is 758. The minimum absolute atomic E-state index is 0.0164. The number of aryl methyl sites for hydroxylation is 1. The molecule has 0 saturated carbocycles. The number of benzene rings is 1. The molecule has 1 amide bonds. The number of ether oxygens (including phenoxy) is 1. The Balaban J connectivity index is 0.000000451. The number of carboxylic acids is 1. The first-order valence-corrected chi connectivity index (χ1v) is 11.0. The van der Waals surface area contributed by atoms with Crippen LogP contribution in [0.5, 0.6) is 0 Å². The number of likely N-dealkylation sites (tertiary alicyclic amines) is 1. The number of carbonyl (C=O) groups is 2. The third-order valence-electron chi connectivity index (χ3n) is 5.93. The van der Waals surface area contributed by atoms with Crippen molar-refractivity contribution in [2.24, 2.45) is 5.92 Å². The van der Waals surface area contributed by atoms with Gasteiger partial charge in [-0.25, -0.2) is 4.79 Å². The third-order valence-corrected chi connectivity index (χ3v) is 5.93. The summed E-state index contributed by atoms with van der Waals surface area (Å²) < 4.78 is 37.9. The van der Waals surface area contributed by atoms with E-state index >= 15 is 0 Å². The van der Waals surface area contributed by atoms with E-state index in [4.69, 9.17) is 14.6 Å². The van der Waals surface area contributed by atoms with Crippen molar-refractivity contribution in [3.8, 4) is 0 Å². The van der Waals surface area contributed by atoms with E-state index in [0.717, 1.165) is 45.3 Å². The van der Waals surface area contributed by atoms with E-state index in [9.17, 15) is 18.0 Å². The Kier molecular flexibility index (Phi) is 9.09. The molecule has 3 rings (SSSR count). The molecule has 1 aromatic carbocycles. The van der Waals surface area contributed by atoms with Crippen LogP contribution in [0.4, 0.5) is 13.2 Å². The molecule has 2 fully saturated rings. The standard InChI is InChI=1S/C21H32N2O2.C2HF3O2/c1-4-17-5-7-18(8-6-17)14-23-11-9-21(10-12-23)13-19(15-25-21)22-20(24)16(2)3;3-2(4,5)1(6)7/h5-8,16,19H,4,9-15H2,1-3H3,(H,22,24);(H,6,7). The number of alkyl halides is 3. The van der Waals surface area contributed by atoms with Crippen LogP contribution in [0.3, 0.4) is 0 Å². The van der Waals surface area contributed by atoms with Crippen molar-refractivity contribution in [1.82, 2.24) is 10.2 Å². The molecular weight excluding hydrogens is 425 g/mol. The topological polar surface area (TPSA) is 78.9 Å². The number of nitrogens with one attached hydrogen (secondary N) is 1. The quantitative estimate of drug-likeness (QED) is 0.702. The molecule has 2 heterocycles. The van der Waals surface area contributed by atoms with Crippen LogP contribution in [-0.2, 0) is 27.3 Å². The maximum absolute atomic E-state index is 11.9. The first kappa shape index (κ1) is 26.1. The number of carboxylic acid groups (broad SMARTS) is 1. The molecule has 2 saturated heterocycles. The summed E-state index contributed by atoms with van der Waals surface area (Å²) >= 11 is 0. The number of aliphatic carboxylic acids is 1. The highest BCUT2D eigenvalue weighted by atomic mass is 19.4. The molecule has 2 N–H and O–H groups in total. The van der Waals surface area contributed by atoms with Crippen LogP contribution in [-0.4, -0.2) is 59.4 Å². The van der Waals surface area contributed by atoms with Crippen molar-refractivity contribution in [3.05, 3.63) is 35.4 Å². The summed E-state index contributed by atoms with van der Waals surface area (Å²) in [6, 6.07) is 9.17. The lowest BCUT2D eigenvalue weighted by atomic mass is 9.87. The van der Waals surface area contributed by atoms with Crippen LogP contribution in [0.15, 0.2) is 24.3 Å². The van der Waals surface area contributed by atoms with Gasteiger partial charge in [-0.05, 0) is 36.8 Å². The first-order chi connectivity index (χ1) is 14.9. The lowest BCUT2D eigenvalue weighted by Crippen LogP contribution is -2.45. The van der Waals surface area contributed by atoms with Gasteiger partial charge in [0.1, 0.15) is 0 Å². The molecular formula is C23H33F3N2O4. The number of carbonyl (C=O) groups excluding carboxylic acids is 1. The van der Waals surface area contributed by atoms with E-state index in [2.05, 4.69) is 41.4 Å². The Morgan fingerprint density at radius 3 is 2.19 bits per heavy atom. The van der Waals surface area contributed by atoms with Crippen molar-refractivity contribution < 1.29 is 32.6 Å². The Labute approximate surface area is 187 Å². The molecule has 32 heavy (non-hydrogen) atoms. The molecule has 0 aliphatic carbocycles. The highest BCUT2D eigenvalue weighted by Crippen LogP contribution is 2.36. The summed E-state index contributed by atoms with van der Waals surface area (Å²) in [5.41, 5.74) is 2.77. The van der Waals surface area contributed by atoms with E-state index in [-0.39, 0.29) is 23.5 Å². The number of piperidine rings is 1. The highest BCUT2D eigenvalue weighted by molar-refractivity contribution is 5.78. The Morgan fingerprint density at radius 1 is 1.19 bits per heavy atom. The fourth-order valence-corrected chi connectivity index (χ4v) is 3.91. The normalized spacial score (nSPS) is 20.7. The zero-order chi connectivity index (χ0) is 23.9. The molecule has 1 aromatic rings. The molecule has 2 aliphatic heterocycles. The van der Waals surface area contributed by atoms with Crippen LogP contribution in [0.2, 0.25) is 0 Å². The van der Waals surface area contributed by atoms with Gasteiger partial charge < -0.3 is 15.2 Å². The number of rotatable bonds is 5. The minimum Gasteiger partial charge on any atom is -0.475 e. The van der Waals surface area contributed by atoms with Gasteiger partial charge in [-0.2, -0.15) is 13.2 Å². The Hall–Kier alpha value is -2.13. The predicted molar refractivity (Wildman–Crippen MR) is 114 cm³/mol. The second-order valence-corrected chi connectivity index (χ2v) is 8.81. The summed E-state index contributed by atoms with van der Waals surface area (Å²) in [6.45, 7) is 9.89. The van der Waals surface area contributed by atoms with E-state index in [1.165, 1.54) is 11.1 Å². The number of amides is 1. The van der Waals surface area contributed by atoms with Gasteiger partial charge in [0.05, 0.1) is 18.2 Å². The van der Waals surface area contributed by atoms with Crippen molar-refractivity contribution in [1.29, 1.82) is 0 Å². The lowest BCUT2D eigenvalue weighted by Gasteiger charge is -2.38. The third kappa shape index (κ3) is 7.78. The van der Waals surface area contributed by atoms with Crippen LogP contribution >= 0.6 is 0 Å². The number of halogens is 3. The largest absolute Gasteiger partial charge is 0.490 e. The number of hydrogen-bond donors (Lipinski definition) is 2. The SMILES string of the molecule is CCc1ccc(CN2CCC3(CC2)CC(NC(=O)C(C)C)CO3)cc1.O=C(O)C(F)(F)F. The van der Waals surface area contributed by atoms with Crippen LogP contribution in [0, 0.1) is 5.92 Å². The molecule has 180 valence electrons. The summed E-state index contributed by atoms with van der Waals surface area (Å²) in [7, 11) is 0. The molecule has 2 aliphatic rings. The monoisotopic (exact) mass is 458 g/mol. The first-order valence-electron chi connectivity index (χ1n) is 11.0. The van der Waals surface area contributed by atoms with Gasteiger partial charge >= 0.3 is 12.1 Å². The lowest BCUT2D eigenvalue weighted by molar-refractivity contribution is -0.192. The van der Waals surface area contributed by atoms with E-state index in [1.807, 2.05) is 13.8 Å². The molecule has 6 nitrogen and oxygen atoms in total. The number of hydrogen-bond acceptors (Lipinski definition) is 4. The van der Waals surface area contributed by atoms with E-state index in [0.29, 0.717) is 6.61 Å². The van der Waals surface area contributed by atoms with E-state index < -0.39 is 12.1 Å². The van der Waals surface area contributed by atoms with Gasteiger partial charge in [0, 0.05) is 25.6 Å². The van der Waals surface area contributed by atoms with Crippen molar-refractivity contribution in [2.45, 2.75) is 70.8 Å².